The van der Waals surface area contributed by atoms with Gasteiger partial charge in [-0.15, -0.1) is 0 Å². The molecule has 1 nitrogen and oxygen atoms in total. The molecule has 1 aliphatic heterocycles. The van der Waals surface area contributed by atoms with Crippen LogP contribution < -0.4 is 5.32 Å². The smallest absolute Gasteiger partial charge is 0.0193 e. The lowest BCUT2D eigenvalue weighted by Gasteiger charge is -1.81. The fraction of sp³-hybridized carbons (Fsp3) is 1.00. The van der Waals surface area contributed by atoms with Gasteiger partial charge in [0, 0.05) is 12.6 Å². The van der Waals surface area contributed by atoms with Crippen molar-refractivity contribution in [2.45, 2.75) is 25.8 Å². The lowest BCUT2D eigenvalue weighted by atomic mass is 10.3. The maximum Gasteiger partial charge on any atom is 0.0193 e. The molecule has 0 aromatic rings. The van der Waals surface area contributed by atoms with E-state index in [9.17, 15) is 0 Å². The summed E-state index contributed by atoms with van der Waals surface area (Å²) in [6.45, 7) is 3.49. The molecule has 1 fully saturated rings. The van der Waals surface area contributed by atoms with Crippen molar-refractivity contribution in [2.24, 2.45) is 0 Å². The van der Waals surface area contributed by atoms with E-state index in [2.05, 4.69) is 12.2 Å². The molecule has 6 heavy (non-hydrogen) atoms. The van der Waals surface area contributed by atoms with Crippen molar-refractivity contribution >= 4 is 0 Å². The molecule has 1 unspecified atom stereocenters. The molecule has 1 saturated heterocycles. The van der Waals surface area contributed by atoms with Crippen LogP contribution in [-0.4, -0.2) is 12.6 Å². The van der Waals surface area contributed by atoms with E-state index in [-0.39, 0.29) is 0 Å². The first-order chi connectivity index (χ1) is 2.93. The minimum atomic E-state index is 0.898. The summed E-state index contributed by atoms with van der Waals surface area (Å²) < 4.78 is 0. The van der Waals surface area contributed by atoms with Crippen LogP contribution in [0.3, 0.4) is 0 Å². The van der Waals surface area contributed by atoms with Crippen molar-refractivity contribution in [1.29, 1.82) is 0 Å². The Balaban J connectivity index is 1.88. The van der Waals surface area contributed by atoms with E-state index >= 15 is 0 Å². The van der Waals surface area contributed by atoms with E-state index < -0.39 is 0 Å². The van der Waals surface area contributed by atoms with Gasteiger partial charge in [-0.3, -0.25) is 0 Å². The molecule has 0 aliphatic carbocycles. The van der Waals surface area contributed by atoms with Crippen molar-refractivity contribution in [1.82, 2.24) is 5.32 Å². The van der Waals surface area contributed by atoms with Gasteiger partial charge in [-0.1, -0.05) is 13.3 Å². The molecule has 0 bridgehead atoms. The quantitative estimate of drug-likeness (QED) is 0.491. The monoisotopic (exact) mass is 85.1 g/mol. The summed E-state index contributed by atoms with van der Waals surface area (Å²) in [5.41, 5.74) is 0. The summed E-state index contributed by atoms with van der Waals surface area (Å²) in [5.74, 6) is 0. The molecule has 0 spiro atoms. The molecule has 1 atom stereocenters. The first kappa shape index (κ1) is 4.13. The third kappa shape index (κ3) is 0.977. The van der Waals surface area contributed by atoms with E-state index in [1.807, 2.05) is 0 Å². The predicted molar refractivity (Wildman–Crippen MR) is 26.7 cm³/mol. The van der Waals surface area contributed by atoms with Crippen LogP contribution in [0, 0.1) is 0 Å². The third-order valence-electron chi connectivity index (χ3n) is 1.13. The third-order valence-corrected chi connectivity index (χ3v) is 1.13. The average Bonchev–Trinajstić information content (AvgIpc) is 2.21. The minimum Gasteiger partial charge on any atom is -0.311 e. The van der Waals surface area contributed by atoms with Gasteiger partial charge in [-0.25, -0.2) is 0 Å². The first-order valence-corrected chi connectivity index (χ1v) is 2.67. The van der Waals surface area contributed by atoms with Crippen molar-refractivity contribution < 1.29 is 0 Å². The Bertz CT molecular complexity index is 39.2. The van der Waals surface area contributed by atoms with Crippen molar-refractivity contribution in [3.05, 3.63) is 0 Å². The maximum atomic E-state index is 3.24. The fourth-order valence-electron chi connectivity index (χ4n) is 0.636. The Morgan fingerprint density at radius 3 is 2.67 bits per heavy atom. The van der Waals surface area contributed by atoms with Gasteiger partial charge in [0.25, 0.3) is 0 Å². The van der Waals surface area contributed by atoms with Crippen molar-refractivity contribution in [2.75, 3.05) is 6.54 Å². The summed E-state index contributed by atoms with van der Waals surface area (Å²) in [5, 5.41) is 3.24. The fourth-order valence-corrected chi connectivity index (χ4v) is 0.636. The lowest BCUT2D eigenvalue weighted by molar-refractivity contribution is 0.778. The van der Waals surface area contributed by atoms with Crippen LogP contribution in [0.1, 0.15) is 19.8 Å². The molecule has 1 N–H and O–H groups in total. The minimum absolute atomic E-state index is 0.898. The highest BCUT2D eigenvalue weighted by Gasteiger charge is 2.16. The van der Waals surface area contributed by atoms with E-state index in [0.717, 1.165) is 6.04 Å². The van der Waals surface area contributed by atoms with E-state index in [1.54, 1.807) is 0 Å². The van der Waals surface area contributed by atoms with E-state index in [1.165, 1.54) is 19.4 Å². The van der Waals surface area contributed by atoms with Gasteiger partial charge in [-0.05, 0) is 6.42 Å². The SMILES string of the molecule is CCCC1CN1. The number of rotatable bonds is 2. The Morgan fingerprint density at radius 2 is 2.50 bits per heavy atom. The van der Waals surface area contributed by atoms with Gasteiger partial charge in [-0.2, -0.15) is 0 Å². The molecule has 0 aromatic carbocycles. The molecule has 0 saturated carbocycles. The second kappa shape index (κ2) is 1.61. The van der Waals surface area contributed by atoms with E-state index in [0.29, 0.717) is 0 Å². The average molecular weight is 85.2 g/mol. The zero-order chi connectivity index (χ0) is 4.41. The standard InChI is InChI=1S/C5H11N/c1-2-3-5-4-6-5/h5-6H,2-4H2,1H3. The zero-order valence-corrected chi connectivity index (χ0v) is 4.20. The number of nitrogens with one attached hydrogen (secondary N) is 1. The van der Waals surface area contributed by atoms with Crippen LogP contribution in [0.5, 0.6) is 0 Å². The Labute approximate surface area is 38.7 Å². The Hall–Kier alpha value is -0.0400. The molecule has 1 heteroatoms. The number of hydrogen-bond acceptors (Lipinski definition) is 1. The van der Waals surface area contributed by atoms with Gasteiger partial charge in [0.2, 0.25) is 0 Å². The lowest BCUT2D eigenvalue weighted by Crippen LogP contribution is -1.85. The largest absolute Gasteiger partial charge is 0.311 e. The maximum absolute atomic E-state index is 3.24. The molecule has 0 amide bonds. The van der Waals surface area contributed by atoms with Crippen LogP contribution in [-0.2, 0) is 0 Å². The van der Waals surface area contributed by atoms with Gasteiger partial charge < -0.3 is 5.32 Å². The molecular formula is C5H11N. The van der Waals surface area contributed by atoms with E-state index in [4.69, 9.17) is 0 Å². The van der Waals surface area contributed by atoms with Gasteiger partial charge in [0.15, 0.2) is 0 Å². The van der Waals surface area contributed by atoms with Crippen LogP contribution >= 0.6 is 0 Å². The summed E-state index contributed by atoms with van der Waals surface area (Å²) in [6.07, 6.45) is 2.71. The number of hydrogen-bond donors (Lipinski definition) is 1. The topological polar surface area (TPSA) is 21.9 Å². The summed E-state index contributed by atoms with van der Waals surface area (Å²) >= 11 is 0. The molecule has 36 valence electrons. The summed E-state index contributed by atoms with van der Waals surface area (Å²) in [4.78, 5) is 0. The molecule has 0 radical (unpaired) electrons. The van der Waals surface area contributed by atoms with Gasteiger partial charge in [0.1, 0.15) is 0 Å². The molecule has 1 aliphatic rings. The molecular weight excluding hydrogens is 74.1 g/mol. The Kier molecular flexibility index (Phi) is 1.10. The predicted octanol–water partition coefficient (Wildman–Crippen LogP) is 0.758. The van der Waals surface area contributed by atoms with Crippen molar-refractivity contribution in [3.63, 3.8) is 0 Å². The molecule has 1 heterocycles. The first-order valence-electron chi connectivity index (χ1n) is 2.67. The summed E-state index contributed by atoms with van der Waals surface area (Å²) in [6, 6.07) is 0.898. The Morgan fingerprint density at radius 1 is 1.83 bits per heavy atom. The zero-order valence-electron chi connectivity index (χ0n) is 4.20. The van der Waals surface area contributed by atoms with Crippen LogP contribution in [0.15, 0.2) is 0 Å². The highest BCUT2D eigenvalue weighted by molar-refractivity contribution is 4.81. The van der Waals surface area contributed by atoms with Crippen LogP contribution in [0.4, 0.5) is 0 Å². The van der Waals surface area contributed by atoms with Gasteiger partial charge >= 0.3 is 0 Å². The van der Waals surface area contributed by atoms with Crippen LogP contribution in [0.25, 0.3) is 0 Å². The van der Waals surface area contributed by atoms with Crippen molar-refractivity contribution in [3.8, 4) is 0 Å². The summed E-state index contributed by atoms with van der Waals surface area (Å²) in [7, 11) is 0. The van der Waals surface area contributed by atoms with Gasteiger partial charge in [0.05, 0.1) is 0 Å². The highest BCUT2D eigenvalue weighted by Crippen LogP contribution is 2.03. The molecule has 0 aromatic heterocycles. The van der Waals surface area contributed by atoms with Crippen LogP contribution in [0.2, 0.25) is 0 Å². The second-order valence-electron chi connectivity index (χ2n) is 1.89. The second-order valence-corrected chi connectivity index (χ2v) is 1.89. The molecule has 1 rings (SSSR count). The normalized spacial score (nSPS) is 30.5. The highest BCUT2D eigenvalue weighted by atomic mass is 15.1.